The van der Waals surface area contributed by atoms with Gasteiger partial charge in [0.15, 0.2) is 12.4 Å². The average Bonchev–Trinajstić information content (AvgIpc) is 2.79. The van der Waals surface area contributed by atoms with Crippen LogP contribution in [0.4, 0.5) is 0 Å². The highest BCUT2D eigenvalue weighted by atomic mass is 14.9. The molecule has 0 amide bonds. The van der Waals surface area contributed by atoms with Gasteiger partial charge in [-0.1, -0.05) is 18.2 Å². The van der Waals surface area contributed by atoms with Crippen molar-refractivity contribution < 1.29 is 4.57 Å². The topological polar surface area (TPSA) is 8.81 Å². The number of aryl methyl sites for hydroxylation is 4. The molecule has 21 heavy (non-hydrogen) atoms. The number of rotatable bonds is 0. The maximum absolute atomic E-state index is 2.33. The molecule has 0 radical (unpaired) electrons. The summed E-state index contributed by atoms with van der Waals surface area (Å²) in [5.41, 5.74) is 5.40. The summed E-state index contributed by atoms with van der Waals surface area (Å²) in [6.07, 6.45) is 4.36. The van der Waals surface area contributed by atoms with Crippen molar-refractivity contribution in [2.45, 2.75) is 13.8 Å². The molecule has 2 heterocycles. The number of para-hydroxylation sites is 1. The van der Waals surface area contributed by atoms with Crippen molar-refractivity contribution in [3.05, 3.63) is 53.9 Å². The van der Waals surface area contributed by atoms with Gasteiger partial charge in [-0.05, 0) is 36.4 Å². The van der Waals surface area contributed by atoms with Crippen LogP contribution >= 0.6 is 0 Å². The second-order valence-corrected chi connectivity index (χ2v) is 5.99. The van der Waals surface area contributed by atoms with E-state index in [0.29, 0.717) is 0 Å². The minimum atomic E-state index is 1.30. The monoisotopic (exact) mass is 275 g/mol. The number of fused-ring (bicyclic) bond motifs is 4. The number of aromatic nitrogens is 2. The van der Waals surface area contributed by atoms with E-state index in [2.05, 4.69) is 79.8 Å². The Morgan fingerprint density at radius 2 is 1.67 bits per heavy atom. The lowest BCUT2D eigenvalue weighted by Crippen LogP contribution is -2.26. The summed E-state index contributed by atoms with van der Waals surface area (Å²) in [5, 5.41) is 5.44. The fourth-order valence-corrected chi connectivity index (χ4v) is 3.70. The molecular formula is C19H19N2+. The van der Waals surface area contributed by atoms with E-state index >= 15 is 0 Å². The highest BCUT2D eigenvalue weighted by molar-refractivity contribution is 6.16. The molecule has 2 aromatic heterocycles. The summed E-state index contributed by atoms with van der Waals surface area (Å²) < 4.78 is 4.46. The maximum Gasteiger partial charge on any atom is 0.176 e. The molecular weight excluding hydrogens is 256 g/mol. The Labute approximate surface area is 124 Å². The molecule has 2 heteroatoms. The van der Waals surface area contributed by atoms with E-state index in [-0.39, 0.29) is 0 Å². The number of nitrogens with zero attached hydrogens (tertiary/aromatic N) is 2. The first kappa shape index (κ1) is 12.4. The van der Waals surface area contributed by atoms with Crippen LogP contribution in [-0.4, -0.2) is 4.57 Å². The lowest BCUT2D eigenvalue weighted by atomic mass is 9.97. The molecule has 104 valence electrons. The van der Waals surface area contributed by atoms with Gasteiger partial charge in [0.25, 0.3) is 0 Å². The minimum Gasteiger partial charge on any atom is -0.343 e. The second-order valence-electron chi connectivity index (χ2n) is 5.99. The van der Waals surface area contributed by atoms with Crippen LogP contribution in [0.2, 0.25) is 0 Å². The predicted molar refractivity (Wildman–Crippen MR) is 88.6 cm³/mol. The van der Waals surface area contributed by atoms with Crippen LogP contribution in [0.3, 0.4) is 0 Å². The van der Waals surface area contributed by atoms with Gasteiger partial charge in [0.1, 0.15) is 7.05 Å². The van der Waals surface area contributed by atoms with Gasteiger partial charge in [-0.15, -0.1) is 0 Å². The number of pyridine rings is 1. The SMILES string of the molecule is Cc1c2c[n+](C)ccc2c(C)c2c1c1ccccc1n2C. The predicted octanol–water partition coefficient (Wildman–Crippen LogP) is 3.93. The zero-order valence-corrected chi connectivity index (χ0v) is 12.9. The Hall–Kier alpha value is -2.35. The summed E-state index contributed by atoms with van der Waals surface area (Å²) >= 11 is 0. The summed E-state index contributed by atoms with van der Waals surface area (Å²) in [5.74, 6) is 0. The van der Waals surface area contributed by atoms with E-state index in [1.165, 1.54) is 43.7 Å². The van der Waals surface area contributed by atoms with Crippen molar-refractivity contribution in [1.29, 1.82) is 0 Å². The highest BCUT2D eigenvalue weighted by Crippen LogP contribution is 2.37. The molecule has 0 saturated carbocycles. The third-order valence-corrected chi connectivity index (χ3v) is 4.74. The van der Waals surface area contributed by atoms with E-state index in [4.69, 9.17) is 0 Å². The van der Waals surface area contributed by atoms with Crippen LogP contribution in [0, 0.1) is 13.8 Å². The average molecular weight is 275 g/mol. The van der Waals surface area contributed by atoms with E-state index in [9.17, 15) is 0 Å². The fraction of sp³-hybridized carbons (Fsp3) is 0.211. The quantitative estimate of drug-likeness (QED) is 0.430. The van der Waals surface area contributed by atoms with E-state index < -0.39 is 0 Å². The third-order valence-electron chi connectivity index (χ3n) is 4.74. The molecule has 0 fully saturated rings. The molecule has 0 aliphatic heterocycles. The molecule has 2 aromatic carbocycles. The van der Waals surface area contributed by atoms with Gasteiger partial charge in [0.2, 0.25) is 0 Å². The van der Waals surface area contributed by atoms with Gasteiger partial charge in [-0.25, -0.2) is 4.57 Å². The first-order valence-corrected chi connectivity index (χ1v) is 7.35. The van der Waals surface area contributed by atoms with Gasteiger partial charge >= 0.3 is 0 Å². The summed E-state index contributed by atoms with van der Waals surface area (Å²) in [7, 11) is 4.26. The van der Waals surface area contributed by atoms with Crippen molar-refractivity contribution in [1.82, 2.24) is 4.57 Å². The molecule has 2 nitrogen and oxygen atoms in total. The maximum atomic E-state index is 2.33. The van der Waals surface area contributed by atoms with Crippen molar-refractivity contribution in [2.24, 2.45) is 14.1 Å². The summed E-state index contributed by atoms with van der Waals surface area (Å²) in [6.45, 7) is 4.49. The molecule has 0 spiro atoms. The van der Waals surface area contributed by atoms with Crippen LogP contribution in [0.1, 0.15) is 11.1 Å². The Balaban J connectivity index is 2.40. The van der Waals surface area contributed by atoms with Crippen LogP contribution in [-0.2, 0) is 14.1 Å². The van der Waals surface area contributed by atoms with Crippen molar-refractivity contribution in [3.63, 3.8) is 0 Å². The third kappa shape index (κ3) is 1.50. The molecule has 4 aromatic rings. The molecule has 4 rings (SSSR count). The standard InChI is InChI=1S/C19H19N2/c1-12-16-11-20(3)10-9-14(16)13(2)19-18(12)15-7-5-6-8-17(15)21(19)4/h5-11H,1-4H3/q+1. The number of hydrogen-bond acceptors (Lipinski definition) is 0. The largest absolute Gasteiger partial charge is 0.343 e. The van der Waals surface area contributed by atoms with Crippen LogP contribution in [0.15, 0.2) is 42.7 Å². The Bertz CT molecular complexity index is 1020. The van der Waals surface area contributed by atoms with E-state index in [1.54, 1.807) is 0 Å². The van der Waals surface area contributed by atoms with Gasteiger partial charge < -0.3 is 4.57 Å². The van der Waals surface area contributed by atoms with Gasteiger partial charge in [-0.2, -0.15) is 0 Å². The van der Waals surface area contributed by atoms with Crippen LogP contribution in [0.25, 0.3) is 32.6 Å². The van der Waals surface area contributed by atoms with Crippen molar-refractivity contribution in [2.75, 3.05) is 0 Å². The van der Waals surface area contributed by atoms with E-state index in [0.717, 1.165) is 0 Å². The first-order valence-electron chi connectivity index (χ1n) is 7.35. The molecule has 0 saturated heterocycles. The Kier molecular flexibility index (Phi) is 2.41. The van der Waals surface area contributed by atoms with Gasteiger partial charge in [0, 0.05) is 34.8 Å². The molecule has 0 aliphatic rings. The first-order chi connectivity index (χ1) is 10.1. The van der Waals surface area contributed by atoms with Crippen LogP contribution < -0.4 is 4.57 Å². The lowest BCUT2D eigenvalue weighted by Gasteiger charge is -2.09. The van der Waals surface area contributed by atoms with Crippen molar-refractivity contribution in [3.8, 4) is 0 Å². The molecule has 0 N–H and O–H groups in total. The number of hydrogen-bond donors (Lipinski definition) is 0. The highest BCUT2D eigenvalue weighted by Gasteiger charge is 2.17. The zero-order valence-electron chi connectivity index (χ0n) is 12.9. The van der Waals surface area contributed by atoms with Crippen LogP contribution in [0.5, 0.6) is 0 Å². The molecule has 0 unspecified atom stereocenters. The van der Waals surface area contributed by atoms with Gasteiger partial charge in [-0.3, -0.25) is 0 Å². The molecule has 0 bridgehead atoms. The smallest absolute Gasteiger partial charge is 0.176 e. The second kappa shape index (κ2) is 4.08. The summed E-state index contributed by atoms with van der Waals surface area (Å²) in [4.78, 5) is 0. The Morgan fingerprint density at radius 1 is 0.905 bits per heavy atom. The van der Waals surface area contributed by atoms with Crippen molar-refractivity contribution >= 4 is 32.6 Å². The number of benzene rings is 2. The summed E-state index contributed by atoms with van der Waals surface area (Å²) in [6, 6.07) is 10.9. The minimum absolute atomic E-state index is 1.30. The van der Waals surface area contributed by atoms with E-state index in [1.807, 2.05) is 0 Å². The molecule has 0 aliphatic carbocycles. The Morgan fingerprint density at radius 3 is 2.48 bits per heavy atom. The fourth-order valence-electron chi connectivity index (χ4n) is 3.70. The normalized spacial score (nSPS) is 11.8. The van der Waals surface area contributed by atoms with Gasteiger partial charge in [0.05, 0.1) is 5.52 Å². The lowest BCUT2D eigenvalue weighted by molar-refractivity contribution is -0.670. The molecule has 0 atom stereocenters. The zero-order chi connectivity index (χ0) is 14.7.